The highest BCUT2D eigenvalue weighted by Gasteiger charge is 2.04. The van der Waals surface area contributed by atoms with Gasteiger partial charge in [0.05, 0.1) is 23.8 Å². The largest absolute Gasteiger partial charge is 0.462 e. The maximum absolute atomic E-state index is 11.1. The van der Waals surface area contributed by atoms with Gasteiger partial charge >= 0.3 is 5.97 Å². The van der Waals surface area contributed by atoms with Crippen LogP contribution in [0.4, 0.5) is 0 Å². The molecule has 3 heteroatoms. The van der Waals surface area contributed by atoms with Gasteiger partial charge in [-0.1, -0.05) is 0 Å². The number of rotatable bonds is 2. The first kappa shape index (κ1) is 9.27. The summed E-state index contributed by atoms with van der Waals surface area (Å²) in [5, 5.41) is 8.50. The highest BCUT2D eigenvalue weighted by atomic mass is 16.5. The van der Waals surface area contributed by atoms with Crippen LogP contribution in [-0.4, -0.2) is 12.6 Å². The fourth-order valence-corrected chi connectivity index (χ4v) is 0.895. The summed E-state index contributed by atoms with van der Waals surface area (Å²) in [6.07, 6.45) is 0. The van der Waals surface area contributed by atoms with Crippen molar-refractivity contribution >= 4 is 5.97 Å². The van der Waals surface area contributed by atoms with Crippen LogP contribution in [-0.2, 0) is 4.74 Å². The monoisotopic (exact) mass is 176 g/mol. The van der Waals surface area contributed by atoms with Crippen LogP contribution in [0.25, 0.3) is 0 Å². The molecule has 0 aliphatic carbocycles. The molecule has 0 amide bonds. The zero-order valence-electron chi connectivity index (χ0n) is 7.28. The van der Waals surface area contributed by atoms with E-state index in [1.165, 1.54) is 0 Å². The van der Waals surface area contributed by atoms with Gasteiger partial charge in [-0.25, -0.2) is 4.79 Å². The molecule has 0 atom stereocenters. The van der Waals surface area contributed by atoms with Crippen molar-refractivity contribution in [1.82, 2.24) is 0 Å². The molecule has 0 aliphatic heterocycles. The molecule has 1 aromatic rings. The number of esters is 1. The van der Waals surface area contributed by atoms with E-state index >= 15 is 0 Å². The topological polar surface area (TPSA) is 50.1 Å². The molecule has 0 spiro atoms. The van der Waals surface area contributed by atoms with Crippen molar-refractivity contribution in [1.29, 1.82) is 5.26 Å². The summed E-state index contributed by atoms with van der Waals surface area (Å²) in [5.74, 6) is -0.355. The van der Waals surface area contributed by atoms with Crippen molar-refractivity contribution in [3.63, 3.8) is 0 Å². The third-order valence-electron chi connectivity index (χ3n) is 1.53. The van der Waals surface area contributed by atoms with E-state index in [-0.39, 0.29) is 5.97 Å². The normalized spacial score (nSPS) is 8.92. The summed E-state index contributed by atoms with van der Waals surface area (Å²) in [4.78, 5) is 11.1. The number of hydrogen-bond donors (Lipinski definition) is 0. The van der Waals surface area contributed by atoms with Crippen LogP contribution in [0.15, 0.2) is 24.3 Å². The molecule has 0 radical (unpaired) electrons. The van der Waals surface area contributed by atoms with E-state index in [0.29, 0.717) is 17.7 Å². The molecule has 0 aromatic heterocycles. The van der Waals surface area contributed by atoms with E-state index in [4.69, 9.17) is 10.00 Å². The van der Waals surface area contributed by atoms with Crippen molar-refractivity contribution in [3.8, 4) is 6.07 Å². The Labute approximate surface area is 76.6 Å². The van der Waals surface area contributed by atoms with Crippen LogP contribution in [0.1, 0.15) is 22.8 Å². The molecule has 13 heavy (non-hydrogen) atoms. The Bertz CT molecular complexity index is 335. The lowest BCUT2D eigenvalue weighted by atomic mass is 10.2. The second kappa shape index (κ2) is 4.27. The summed E-state index contributed by atoms with van der Waals surface area (Å²) in [5.41, 5.74) is 1.01. The van der Waals surface area contributed by atoms with E-state index < -0.39 is 0 Å². The predicted octanol–water partition coefficient (Wildman–Crippen LogP) is 1.73. The number of benzene rings is 1. The summed E-state index contributed by atoms with van der Waals surface area (Å²) < 4.78 is 4.78. The average molecular weight is 176 g/mol. The molecule has 0 aliphatic rings. The molecule has 0 heterocycles. The SMILES string of the molecule is CCOC(=O)c1ccc([13C]#N)cc1. The number of carbonyl (C=O) groups is 1. The summed E-state index contributed by atoms with van der Waals surface area (Å²) in [6.45, 7) is 2.11. The van der Waals surface area contributed by atoms with Gasteiger partial charge < -0.3 is 4.74 Å². The Morgan fingerprint density at radius 2 is 2.08 bits per heavy atom. The number of nitrogens with zero attached hydrogens (tertiary/aromatic N) is 1. The van der Waals surface area contributed by atoms with Gasteiger partial charge in [0.1, 0.15) is 0 Å². The molecule has 0 unspecified atom stereocenters. The van der Waals surface area contributed by atoms with Crippen LogP contribution in [0.5, 0.6) is 0 Å². The molecule has 3 nitrogen and oxygen atoms in total. The van der Waals surface area contributed by atoms with E-state index in [0.717, 1.165) is 0 Å². The van der Waals surface area contributed by atoms with Crippen molar-refractivity contribution in [3.05, 3.63) is 35.4 Å². The molecular weight excluding hydrogens is 167 g/mol. The zero-order valence-corrected chi connectivity index (χ0v) is 7.28. The molecule has 66 valence electrons. The Kier molecular flexibility index (Phi) is 3.04. The van der Waals surface area contributed by atoms with Crippen LogP contribution >= 0.6 is 0 Å². The quantitative estimate of drug-likeness (QED) is 0.509. The van der Waals surface area contributed by atoms with Gasteiger partial charge in [0.2, 0.25) is 0 Å². The van der Waals surface area contributed by atoms with Crippen LogP contribution in [0, 0.1) is 11.3 Å². The van der Waals surface area contributed by atoms with Gasteiger partial charge in [-0.15, -0.1) is 0 Å². The highest BCUT2D eigenvalue weighted by Crippen LogP contribution is 2.04. The van der Waals surface area contributed by atoms with Gasteiger partial charge in [-0.2, -0.15) is 5.26 Å². The van der Waals surface area contributed by atoms with E-state index in [9.17, 15) is 4.79 Å². The van der Waals surface area contributed by atoms with E-state index in [1.807, 2.05) is 6.07 Å². The maximum atomic E-state index is 11.1. The molecule has 0 saturated heterocycles. The van der Waals surface area contributed by atoms with Crippen molar-refractivity contribution in [2.75, 3.05) is 6.61 Å². The Morgan fingerprint density at radius 3 is 2.54 bits per heavy atom. The Morgan fingerprint density at radius 1 is 1.46 bits per heavy atom. The standard InChI is InChI=1S/C10H9NO2/c1-2-13-10(12)9-5-3-8(7-11)4-6-9/h3-6H,2H2,1H3/i7+1. The number of carbonyl (C=O) groups excluding carboxylic acids is 1. The van der Waals surface area contributed by atoms with Gasteiger partial charge in [0.15, 0.2) is 0 Å². The van der Waals surface area contributed by atoms with Gasteiger partial charge in [-0.3, -0.25) is 0 Å². The molecule has 0 N–H and O–H groups in total. The molecule has 0 bridgehead atoms. The average Bonchev–Trinajstić information content (AvgIpc) is 2.18. The minimum atomic E-state index is -0.355. The third-order valence-corrected chi connectivity index (χ3v) is 1.53. The smallest absolute Gasteiger partial charge is 0.338 e. The molecule has 0 fully saturated rings. The van der Waals surface area contributed by atoms with Crippen LogP contribution in [0.3, 0.4) is 0 Å². The lowest BCUT2D eigenvalue weighted by molar-refractivity contribution is 0.0526. The lowest BCUT2D eigenvalue weighted by Crippen LogP contribution is -2.03. The Hall–Kier alpha value is -1.82. The number of hydrogen-bond acceptors (Lipinski definition) is 3. The lowest BCUT2D eigenvalue weighted by Gasteiger charge is -2.00. The van der Waals surface area contributed by atoms with Crippen molar-refractivity contribution in [2.45, 2.75) is 6.92 Å². The first-order chi connectivity index (χ1) is 6.27. The number of ether oxygens (including phenoxy) is 1. The fraction of sp³-hybridized carbons (Fsp3) is 0.200. The van der Waals surface area contributed by atoms with Gasteiger partial charge in [0, 0.05) is 0 Å². The second-order valence-corrected chi connectivity index (χ2v) is 2.41. The first-order valence-electron chi connectivity index (χ1n) is 3.95. The summed E-state index contributed by atoms with van der Waals surface area (Å²) >= 11 is 0. The van der Waals surface area contributed by atoms with Crippen molar-refractivity contribution < 1.29 is 9.53 Å². The highest BCUT2D eigenvalue weighted by molar-refractivity contribution is 5.89. The minimum Gasteiger partial charge on any atom is -0.462 e. The minimum absolute atomic E-state index is 0.355. The third kappa shape index (κ3) is 2.31. The van der Waals surface area contributed by atoms with E-state index in [1.54, 1.807) is 31.2 Å². The fourth-order valence-electron chi connectivity index (χ4n) is 0.895. The zero-order chi connectivity index (χ0) is 9.68. The predicted molar refractivity (Wildman–Crippen MR) is 47.1 cm³/mol. The summed E-state index contributed by atoms with van der Waals surface area (Å²) in [6, 6.07) is 8.31. The van der Waals surface area contributed by atoms with Crippen molar-refractivity contribution in [2.24, 2.45) is 0 Å². The van der Waals surface area contributed by atoms with Gasteiger partial charge in [-0.05, 0) is 31.2 Å². The molecule has 1 rings (SSSR count). The second-order valence-electron chi connectivity index (χ2n) is 2.41. The van der Waals surface area contributed by atoms with Gasteiger partial charge in [0.25, 0.3) is 0 Å². The maximum Gasteiger partial charge on any atom is 0.338 e. The molecule has 1 aromatic carbocycles. The summed E-state index contributed by atoms with van der Waals surface area (Å²) in [7, 11) is 0. The number of nitriles is 1. The molecular formula is C10H9NO2. The van der Waals surface area contributed by atoms with Crippen LogP contribution in [0.2, 0.25) is 0 Å². The van der Waals surface area contributed by atoms with E-state index in [2.05, 4.69) is 0 Å². The van der Waals surface area contributed by atoms with Crippen LogP contribution < -0.4 is 0 Å². The first-order valence-corrected chi connectivity index (χ1v) is 3.95. The molecule has 0 saturated carbocycles. The Balaban J connectivity index is 2.81.